The number of amides is 2. The van der Waals surface area contributed by atoms with Gasteiger partial charge in [-0.3, -0.25) is 5.43 Å². The normalized spacial score (nSPS) is 15.0. The van der Waals surface area contributed by atoms with Crippen molar-refractivity contribution >= 4 is 29.8 Å². The van der Waals surface area contributed by atoms with Gasteiger partial charge in [0.25, 0.3) is 0 Å². The van der Waals surface area contributed by atoms with Crippen LogP contribution in [0.15, 0.2) is 71.0 Å². The Hall–Kier alpha value is -4.94. The predicted octanol–water partition coefficient (Wildman–Crippen LogP) is 5.15. The SMILES string of the molecule is CCOc1cc([C@@H]2NC(=O)NC(C)=C2C(=O)OC)ccc1OC[C@@H](O)N/N=C\c1cc(Cl)c(OCc2cccc(C)c2)c(OCC)c1. The fourth-order valence-corrected chi connectivity index (χ4v) is 5.12. The van der Waals surface area contributed by atoms with E-state index in [9.17, 15) is 14.7 Å². The smallest absolute Gasteiger partial charge is 0.337 e. The number of esters is 1. The molecule has 13 heteroatoms. The molecule has 250 valence electrons. The highest BCUT2D eigenvalue weighted by Crippen LogP contribution is 2.37. The van der Waals surface area contributed by atoms with Crippen molar-refractivity contribution in [3.05, 3.63) is 93.1 Å². The Morgan fingerprint density at radius 1 is 1.02 bits per heavy atom. The van der Waals surface area contributed by atoms with Crippen LogP contribution in [0.3, 0.4) is 0 Å². The number of hydrogen-bond donors (Lipinski definition) is 4. The predicted molar refractivity (Wildman–Crippen MR) is 177 cm³/mol. The van der Waals surface area contributed by atoms with Gasteiger partial charge in [-0.1, -0.05) is 47.5 Å². The lowest BCUT2D eigenvalue weighted by Gasteiger charge is -2.28. The molecule has 0 fully saturated rings. The van der Waals surface area contributed by atoms with Gasteiger partial charge in [-0.05, 0) is 68.7 Å². The van der Waals surface area contributed by atoms with Gasteiger partial charge in [0.2, 0.25) is 0 Å². The third kappa shape index (κ3) is 9.30. The molecule has 0 saturated carbocycles. The van der Waals surface area contributed by atoms with Crippen LogP contribution in [0.25, 0.3) is 0 Å². The summed E-state index contributed by atoms with van der Waals surface area (Å²) in [5.41, 5.74) is 6.61. The Balaban J connectivity index is 1.40. The number of ether oxygens (including phenoxy) is 5. The van der Waals surface area contributed by atoms with Crippen LogP contribution in [-0.2, 0) is 16.1 Å². The number of allylic oxidation sites excluding steroid dienone is 1. The number of hydrogen-bond acceptors (Lipinski definition) is 10. The summed E-state index contributed by atoms with van der Waals surface area (Å²) < 4.78 is 28.3. The number of rotatable bonds is 15. The average molecular weight is 667 g/mol. The van der Waals surface area contributed by atoms with Crippen molar-refractivity contribution in [2.75, 3.05) is 26.9 Å². The molecule has 0 bridgehead atoms. The Bertz CT molecular complexity index is 1640. The fraction of sp³-hybridized carbons (Fsp3) is 0.324. The minimum absolute atomic E-state index is 0.177. The Labute approximate surface area is 278 Å². The van der Waals surface area contributed by atoms with Gasteiger partial charge >= 0.3 is 12.0 Å². The summed E-state index contributed by atoms with van der Waals surface area (Å²) >= 11 is 6.56. The summed E-state index contributed by atoms with van der Waals surface area (Å²) in [5.74, 6) is 1.03. The average Bonchev–Trinajstić information content (AvgIpc) is 3.03. The molecule has 4 N–H and O–H groups in total. The molecule has 0 saturated heterocycles. The standard InChI is InChI=1S/C34H39ClN4O8/c1-6-44-27-16-24(31-30(33(41)43-5)21(4)37-34(42)38-31)11-12-26(27)46-19-29(40)39-36-17-23-14-25(35)32(28(15-23)45-7-2)47-18-22-10-8-9-20(3)13-22/h8-17,29,31,39-40H,6-7,18-19H2,1-5H3,(H2,37,38,42)/b36-17-/t29-,31+/m1/s1. The van der Waals surface area contributed by atoms with Gasteiger partial charge in [-0.15, -0.1) is 0 Å². The molecular weight excluding hydrogens is 628 g/mol. The maximum absolute atomic E-state index is 12.5. The van der Waals surface area contributed by atoms with E-state index in [-0.39, 0.29) is 12.2 Å². The maximum Gasteiger partial charge on any atom is 0.337 e. The number of nitrogens with one attached hydrogen (secondary N) is 3. The largest absolute Gasteiger partial charge is 0.490 e. The van der Waals surface area contributed by atoms with Gasteiger partial charge in [0.15, 0.2) is 29.2 Å². The molecular formula is C34H39ClN4O8. The van der Waals surface area contributed by atoms with E-state index in [1.54, 1.807) is 37.3 Å². The summed E-state index contributed by atoms with van der Waals surface area (Å²) in [5, 5.41) is 20.3. The van der Waals surface area contributed by atoms with Gasteiger partial charge in [0.05, 0.1) is 43.2 Å². The van der Waals surface area contributed by atoms with Gasteiger partial charge in [-0.25, -0.2) is 9.59 Å². The Morgan fingerprint density at radius 3 is 2.51 bits per heavy atom. The number of aryl methyl sites for hydroxylation is 1. The molecule has 3 aromatic carbocycles. The number of aliphatic hydroxyl groups excluding tert-OH is 1. The molecule has 0 aliphatic carbocycles. The van der Waals surface area contributed by atoms with Gasteiger partial charge in [0, 0.05) is 5.70 Å². The lowest BCUT2D eigenvalue weighted by atomic mass is 9.95. The van der Waals surface area contributed by atoms with E-state index in [4.69, 9.17) is 35.3 Å². The minimum Gasteiger partial charge on any atom is -0.490 e. The third-order valence-electron chi connectivity index (χ3n) is 6.91. The Morgan fingerprint density at radius 2 is 1.79 bits per heavy atom. The second kappa shape index (κ2) is 16.6. The molecule has 2 atom stereocenters. The number of halogens is 1. The number of nitrogens with zero attached hydrogens (tertiary/aromatic N) is 1. The maximum atomic E-state index is 12.5. The molecule has 47 heavy (non-hydrogen) atoms. The number of benzene rings is 3. The summed E-state index contributed by atoms with van der Waals surface area (Å²) in [6.07, 6.45) is 0.309. The lowest BCUT2D eigenvalue weighted by Crippen LogP contribution is -2.45. The second-order valence-corrected chi connectivity index (χ2v) is 10.9. The van der Waals surface area contributed by atoms with E-state index < -0.39 is 24.3 Å². The zero-order valence-electron chi connectivity index (χ0n) is 26.9. The minimum atomic E-state index is -1.18. The molecule has 0 radical (unpaired) electrons. The summed E-state index contributed by atoms with van der Waals surface area (Å²) in [6, 6.07) is 15.2. The van der Waals surface area contributed by atoms with Crippen LogP contribution in [0.5, 0.6) is 23.0 Å². The van der Waals surface area contributed by atoms with Crippen LogP contribution in [-0.4, -0.2) is 56.5 Å². The van der Waals surface area contributed by atoms with Crippen molar-refractivity contribution in [2.24, 2.45) is 5.10 Å². The van der Waals surface area contributed by atoms with Crippen LogP contribution in [0.1, 0.15) is 49.1 Å². The molecule has 4 rings (SSSR count). The third-order valence-corrected chi connectivity index (χ3v) is 7.19. The highest BCUT2D eigenvalue weighted by molar-refractivity contribution is 6.32. The topological polar surface area (TPSA) is 149 Å². The van der Waals surface area contributed by atoms with Crippen LogP contribution < -0.4 is 35.0 Å². The number of carbonyl (C=O) groups excluding carboxylic acids is 2. The van der Waals surface area contributed by atoms with Gasteiger partial charge in [0.1, 0.15) is 13.2 Å². The van der Waals surface area contributed by atoms with Crippen molar-refractivity contribution in [1.29, 1.82) is 0 Å². The molecule has 0 aromatic heterocycles. The first kappa shape index (κ1) is 34.9. The fourth-order valence-electron chi connectivity index (χ4n) is 4.84. The molecule has 1 heterocycles. The zero-order chi connectivity index (χ0) is 33.9. The number of urea groups is 1. The second-order valence-electron chi connectivity index (χ2n) is 10.5. The van der Waals surface area contributed by atoms with Gasteiger partial charge in [-0.2, -0.15) is 5.10 Å². The lowest BCUT2D eigenvalue weighted by molar-refractivity contribution is -0.136. The Kier molecular flexibility index (Phi) is 12.3. The van der Waals surface area contributed by atoms with Crippen molar-refractivity contribution in [3.8, 4) is 23.0 Å². The first-order valence-electron chi connectivity index (χ1n) is 15.0. The van der Waals surface area contributed by atoms with Gasteiger partial charge < -0.3 is 39.4 Å². The highest BCUT2D eigenvalue weighted by Gasteiger charge is 2.32. The van der Waals surface area contributed by atoms with E-state index in [0.29, 0.717) is 64.7 Å². The quantitative estimate of drug-likeness (QED) is 0.0748. The summed E-state index contributed by atoms with van der Waals surface area (Å²) in [6.45, 7) is 8.20. The van der Waals surface area contributed by atoms with Crippen LogP contribution >= 0.6 is 11.6 Å². The first-order chi connectivity index (χ1) is 22.6. The number of carbonyl (C=O) groups is 2. The zero-order valence-corrected chi connectivity index (χ0v) is 27.6. The van der Waals surface area contributed by atoms with Crippen molar-refractivity contribution < 1.29 is 38.4 Å². The van der Waals surface area contributed by atoms with E-state index in [1.807, 2.05) is 45.0 Å². The number of hydrazone groups is 1. The monoisotopic (exact) mass is 666 g/mol. The van der Waals surface area contributed by atoms with E-state index in [1.165, 1.54) is 13.3 Å². The number of methoxy groups -OCH3 is 1. The van der Waals surface area contributed by atoms with E-state index >= 15 is 0 Å². The van der Waals surface area contributed by atoms with Crippen LogP contribution in [0.2, 0.25) is 5.02 Å². The summed E-state index contributed by atoms with van der Waals surface area (Å²) in [7, 11) is 1.27. The van der Waals surface area contributed by atoms with Crippen LogP contribution in [0, 0.1) is 6.92 Å². The summed E-state index contributed by atoms with van der Waals surface area (Å²) in [4.78, 5) is 24.6. The molecule has 1 aliphatic heterocycles. The molecule has 0 spiro atoms. The molecule has 2 amide bonds. The highest BCUT2D eigenvalue weighted by atomic mass is 35.5. The van der Waals surface area contributed by atoms with Crippen molar-refractivity contribution in [2.45, 2.75) is 46.6 Å². The molecule has 3 aromatic rings. The number of aliphatic hydroxyl groups is 1. The molecule has 12 nitrogen and oxygen atoms in total. The van der Waals surface area contributed by atoms with E-state index in [2.05, 4.69) is 21.2 Å². The molecule has 0 unspecified atom stereocenters. The first-order valence-corrected chi connectivity index (χ1v) is 15.4. The van der Waals surface area contributed by atoms with E-state index in [0.717, 1.165) is 11.1 Å². The van der Waals surface area contributed by atoms with Crippen LogP contribution in [0.4, 0.5) is 4.79 Å². The van der Waals surface area contributed by atoms with Crippen molar-refractivity contribution in [3.63, 3.8) is 0 Å². The van der Waals surface area contributed by atoms with Crippen molar-refractivity contribution in [1.82, 2.24) is 16.1 Å². The molecule has 1 aliphatic rings.